The van der Waals surface area contributed by atoms with Crippen LogP contribution in [0.15, 0.2) is 71.8 Å². The minimum atomic E-state index is 0.00249. The highest BCUT2D eigenvalue weighted by Gasteiger charge is 2.12. The summed E-state index contributed by atoms with van der Waals surface area (Å²) in [5, 5.41) is 3.61. The summed E-state index contributed by atoms with van der Waals surface area (Å²) in [6.45, 7) is 5.31. The fraction of sp³-hybridized carbons (Fsp3) is 0.308. The standard InChI is InChI=1S/C26H31N3O3/c1-19-5-10-24(11-6-19)32-20(2)18-29(3)22-9-14-25(28-27)26(17-22)31-16-15-21-7-12-23(30-4)13-8-21/h5-14,17,20,27H,15-16,18H2,1-4H3. The zero-order valence-corrected chi connectivity index (χ0v) is 19.2. The number of hydrogen-bond donors (Lipinski definition) is 1. The molecular weight excluding hydrogens is 402 g/mol. The fourth-order valence-electron chi connectivity index (χ4n) is 3.40. The number of likely N-dealkylation sites (N-methyl/N-ethyl adjacent to an activating group) is 1. The Balaban J connectivity index is 1.59. The zero-order valence-electron chi connectivity index (χ0n) is 19.2. The summed E-state index contributed by atoms with van der Waals surface area (Å²) >= 11 is 0. The first-order valence-corrected chi connectivity index (χ1v) is 10.7. The SMILES string of the molecule is COc1ccc(CCOc2cc(N(C)CC(C)Oc3ccc(C)cc3)ccc2N=N)cc1. The van der Waals surface area contributed by atoms with E-state index in [-0.39, 0.29) is 6.10 Å². The van der Waals surface area contributed by atoms with Crippen molar-refractivity contribution >= 4 is 11.4 Å². The molecule has 0 radical (unpaired) electrons. The molecule has 32 heavy (non-hydrogen) atoms. The summed E-state index contributed by atoms with van der Waals surface area (Å²) in [6.07, 6.45) is 0.755. The molecule has 0 bridgehead atoms. The maximum absolute atomic E-state index is 7.46. The first kappa shape index (κ1) is 23.1. The van der Waals surface area contributed by atoms with Gasteiger partial charge in [-0.3, -0.25) is 0 Å². The molecule has 1 unspecified atom stereocenters. The van der Waals surface area contributed by atoms with Crippen molar-refractivity contribution < 1.29 is 14.2 Å². The summed E-state index contributed by atoms with van der Waals surface area (Å²) in [6, 6.07) is 21.7. The van der Waals surface area contributed by atoms with Crippen molar-refractivity contribution in [2.24, 2.45) is 5.11 Å². The van der Waals surface area contributed by atoms with E-state index in [0.717, 1.165) is 29.2 Å². The number of ether oxygens (including phenoxy) is 3. The third kappa shape index (κ3) is 6.48. The average Bonchev–Trinajstić information content (AvgIpc) is 2.81. The van der Waals surface area contributed by atoms with Gasteiger partial charge >= 0.3 is 0 Å². The Kier molecular flexibility index (Phi) is 8.08. The number of methoxy groups -OCH3 is 1. The quantitative estimate of drug-likeness (QED) is 0.366. The van der Waals surface area contributed by atoms with E-state index in [1.54, 1.807) is 7.11 Å². The van der Waals surface area contributed by atoms with E-state index in [2.05, 4.69) is 23.9 Å². The summed E-state index contributed by atoms with van der Waals surface area (Å²) in [4.78, 5) is 2.11. The van der Waals surface area contributed by atoms with Crippen LogP contribution in [0, 0.1) is 12.5 Å². The maximum atomic E-state index is 7.46. The van der Waals surface area contributed by atoms with Gasteiger partial charge in [-0.25, -0.2) is 5.53 Å². The molecule has 0 amide bonds. The third-order valence-corrected chi connectivity index (χ3v) is 5.20. The van der Waals surface area contributed by atoms with Gasteiger partial charge in [-0.15, -0.1) is 0 Å². The van der Waals surface area contributed by atoms with Crippen molar-refractivity contribution in [1.82, 2.24) is 0 Å². The van der Waals surface area contributed by atoms with Crippen LogP contribution in [0.25, 0.3) is 0 Å². The van der Waals surface area contributed by atoms with E-state index >= 15 is 0 Å². The van der Waals surface area contributed by atoms with Crippen LogP contribution in [0.4, 0.5) is 11.4 Å². The highest BCUT2D eigenvalue weighted by molar-refractivity contribution is 5.61. The van der Waals surface area contributed by atoms with Gasteiger partial charge in [-0.2, -0.15) is 5.11 Å². The molecule has 0 spiro atoms. The predicted octanol–water partition coefficient (Wildman–Crippen LogP) is 6.19. The van der Waals surface area contributed by atoms with Gasteiger partial charge < -0.3 is 19.1 Å². The number of hydrogen-bond acceptors (Lipinski definition) is 6. The summed E-state index contributed by atoms with van der Waals surface area (Å²) in [7, 11) is 3.67. The predicted molar refractivity (Wildman–Crippen MR) is 128 cm³/mol. The normalized spacial score (nSPS) is 11.5. The van der Waals surface area contributed by atoms with Crippen molar-refractivity contribution in [3.63, 3.8) is 0 Å². The zero-order chi connectivity index (χ0) is 22.9. The Morgan fingerprint density at radius 1 is 0.969 bits per heavy atom. The summed E-state index contributed by atoms with van der Waals surface area (Å²) < 4.78 is 17.2. The van der Waals surface area contributed by atoms with Crippen LogP contribution in [0.3, 0.4) is 0 Å². The molecule has 3 aromatic carbocycles. The summed E-state index contributed by atoms with van der Waals surface area (Å²) in [5.41, 5.74) is 11.3. The highest BCUT2D eigenvalue weighted by Crippen LogP contribution is 2.32. The van der Waals surface area contributed by atoms with Crippen LogP contribution in [0.5, 0.6) is 17.2 Å². The Bertz CT molecular complexity index is 1000. The molecule has 0 aliphatic carbocycles. The first-order valence-electron chi connectivity index (χ1n) is 10.7. The molecule has 0 aliphatic rings. The average molecular weight is 434 g/mol. The van der Waals surface area contributed by atoms with Crippen LogP contribution < -0.4 is 19.1 Å². The molecule has 1 atom stereocenters. The second kappa shape index (κ2) is 11.2. The van der Waals surface area contributed by atoms with E-state index in [0.29, 0.717) is 24.6 Å². The van der Waals surface area contributed by atoms with Crippen LogP contribution in [-0.2, 0) is 6.42 Å². The lowest BCUT2D eigenvalue weighted by molar-refractivity contribution is 0.228. The molecule has 3 rings (SSSR count). The second-order valence-electron chi connectivity index (χ2n) is 7.83. The van der Waals surface area contributed by atoms with Gasteiger partial charge in [-0.1, -0.05) is 29.8 Å². The molecule has 0 aromatic heterocycles. The van der Waals surface area contributed by atoms with E-state index < -0.39 is 0 Å². The molecule has 0 fully saturated rings. The van der Waals surface area contributed by atoms with Gasteiger partial charge in [0.05, 0.1) is 20.3 Å². The molecule has 0 saturated carbocycles. The van der Waals surface area contributed by atoms with Gasteiger partial charge in [0.15, 0.2) is 0 Å². The third-order valence-electron chi connectivity index (χ3n) is 5.20. The van der Waals surface area contributed by atoms with Gasteiger partial charge in [0, 0.05) is 25.2 Å². The molecule has 3 aromatic rings. The summed E-state index contributed by atoms with van der Waals surface area (Å²) in [5.74, 6) is 2.30. The van der Waals surface area contributed by atoms with Crippen molar-refractivity contribution in [1.29, 1.82) is 5.53 Å². The molecule has 0 aliphatic heterocycles. The number of benzene rings is 3. The fourth-order valence-corrected chi connectivity index (χ4v) is 3.40. The molecule has 168 valence electrons. The molecule has 0 saturated heterocycles. The van der Waals surface area contributed by atoms with Crippen molar-refractivity contribution in [2.75, 3.05) is 32.2 Å². The maximum Gasteiger partial charge on any atom is 0.148 e. The van der Waals surface area contributed by atoms with Crippen molar-refractivity contribution in [3.8, 4) is 17.2 Å². The first-order chi connectivity index (χ1) is 15.5. The van der Waals surface area contributed by atoms with Crippen molar-refractivity contribution in [2.45, 2.75) is 26.4 Å². The second-order valence-corrected chi connectivity index (χ2v) is 7.83. The van der Waals surface area contributed by atoms with Gasteiger partial charge in [0.1, 0.15) is 29.0 Å². The smallest absolute Gasteiger partial charge is 0.148 e. The number of nitrogens with one attached hydrogen (secondary N) is 1. The lowest BCUT2D eigenvalue weighted by Gasteiger charge is -2.25. The van der Waals surface area contributed by atoms with Crippen LogP contribution in [0.1, 0.15) is 18.1 Å². The number of aryl methyl sites for hydroxylation is 1. The largest absolute Gasteiger partial charge is 0.497 e. The van der Waals surface area contributed by atoms with Crippen molar-refractivity contribution in [3.05, 3.63) is 77.9 Å². The Hall–Kier alpha value is -3.54. The van der Waals surface area contributed by atoms with Crippen LogP contribution in [0.2, 0.25) is 0 Å². The van der Waals surface area contributed by atoms with E-state index in [1.165, 1.54) is 5.56 Å². The van der Waals surface area contributed by atoms with Gasteiger partial charge in [0.2, 0.25) is 0 Å². The van der Waals surface area contributed by atoms with E-state index in [1.807, 2.05) is 73.8 Å². The molecule has 1 N–H and O–H groups in total. The molecule has 0 heterocycles. The molecular formula is C26H31N3O3. The number of anilines is 1. The van der Waals surface area contributed by atoms with Crippen LogP contribution in [-0.4, -0.2) is 33.4 Å². The minimum Gasteiger partial charge on any atom is -0.497 e. The topological polar surface area (TPSA) is 67.1 Å². The van der Waals surface area contributed by atoms with Gasteiger partial charge in [0.25, 0.3) is 0 Å². The molecule has 6 nitrogen and oxygen atoms in total. The minimum absolute atomic E-state index is 0.00249. The Morgan fingerprint density at radius 3 is 2.31 bits per heavy atom. The van der Waals surface area contributed by atoms with E-state index in [4.69, 9.17) is 19.7 Å². The Morgan fingerprint density at radius 2 is 1.66 bits per heavy atom. The highest BCUT2D eigenvalue weighted by atomic mass is 16.5. The number of nitrogens with zero attached hydrogens (tertiary/aromatic N) is 2. The van der Waals surface area contributed by atoms with Gasteiger partial charge in [-0.05, 0) is 55.8 Å². The lowest BCUT2D eigenvalue weighted by atomic mass is 10.1. The lowest BCUT2D eigenvalue weighted by Crippen LogP contribution is -2.30. The van der Waals surface area contributed by atoms with E-state index in [9.17, 15) is 0 Å². The monoisotopic (exact) mass is 433 g/mol. The number of rotatable bonds is 11. The van der Waals surface area contributed by atoms with Crippen LogP contribution >= 0.6 is 0 Å². The Labute approximate surface area is 190 Å². The molecule has 6 heteroatoms.